The van der Waals surface area contributed by atoms with E-state index < -0.39 is 10.0 Å². The molecule has 0 aliphatic carbocycles. The predicted molar refractivity (Wildman–Crippen MR) is 102 cm³/mol. The molecule has 0 radical (unpaired) electrons. The normalized spacial score (nSPS) is 16.8. The van der Waals surface area contributed by atoms with Crippen LogP contribution in [-0.4, -0.2) is 55.5 Å². The van der Waals surface area contributed by atoms with Crippen molar-refractivity contribution in [1.29, 1.82) is 0 Å². The third-order valence-corrected chi connectivity index (χ3v) is 7.10. The Bertz CT molecular complexity index is 757. The molecule has 5 nitrogen and oxygen atoms in total. The summed E-state index contributed by atoms with van der Waals surface area (Å²) in [5.41, 5.74) is 0.798. The zero-order valence-electron chi connectivity index (χ0n) is 14.3. The zero-order chi connectivity index (χ0) is 18.6. The van der Waals surface area contributed by atoms with Gasteiger partial charge in [-0.25, -0.2) is 12.7 Å². The van der Waals surface area contributed by atoms with E-state index >= 15 is 0 Å². The third kappa shape index (κ3) is 5.20. The van der Waals surface area contributed by atoms with E-state index in [0.717, 1.165) is 5.56 Å². The lowest BCUT2D eigenvalue weighted by molar-refractivity contribution is -0.127. The average molecular weight is 405 g/mol. The molecule has 8 heteroatoms. The first-order chi connectivity index (χ1) is 11.7. The number of nitrogens with zero attached hydrogens (tertiary/aromatic N) is 2. The van der Waals surface area contributed by atoms with E-state index in [9.17, 15) is 13.2 Å². The highest BCUT2D eigenvalue weighted by atomic mass is 35.5. The van der Waals surface area contributed by atoms with E-state index in [-0.39, 0.29) is 17.7 Å². The zero-order valence-corrected chi connectivity index (χ0v) is 16.6. The molecule has 25 heavy (non-hydrogen) atoms. The molecule has 0 spiro atoms. The fraction of sp³-hybridized carbons (Fsp3) is 0.471. The van der Waals surface area contributed by atoms with Gasteiger partial charge >= 0.3 is 0 Å². The van der Waals surface area contributed by atoms with Crippen LogP contribution in [0.3, 0.4) is 0 Å². The van der Waals surface area contributed by atoms with Crippen molar-refractivity contribution in [2.75, 3.05) is 25.9 Å². The van der Waals surface area contributed by atoms with Crippen molar-refractivity contribution in [3.63, 3.8) is 0 Å². The van der Waals surface area contributed by atoms with Crippen LogP contribution in [0.4, 0.5) is 0 Å². The molecule has 2 rings (SSSR count). The third-order valence-electron chi connectivity index (χ3n) is 4.46. The second-order valence-electron chi connectivity index (χ2n) is 5.98. The summed E-state index contributed by atoms with van der Waals surface area (Å²) in [6.07, 6.45) is 4.49. The summed E-state index contributed by atoms with van der Waals surface area (Å²) in [6.45, 7) is 2.72. The van der Waals surface area contributed by atoms with Crippen LogP contribution in [-0.2, 0) is 14.8 Å². The highest BCUT2D eigenvalue weighted by Crippen LogP contribution is 2.23. The number of rotatable bonds is 5. The molecule has 1 aromatic rings. The Labute approximate surface area is 159 Å². The summed E-state index contributed by atoms with van der Waals surface area (Å²) < 4.78 is 25.3. The quantitative estimate of drug-likeness (QED) is 0.707. The van der Waals surface area contributed by atoms with Gasteiger partial charge in [-0.15, -0.1) is 0 Å². The molecule has 0 aromatic heterocycles. The van der Waals surface area contributed by atoms with Crippen molar-refractivity contribution in [1.82, 2.24) is 9.21 Å². The van der Waals surface area contributed by atoms with Crippen LogP contribution in [0.5, 0.6) is 0 Å². The van der Waals surface area contributed by atoms with E-state index in [1.54, 1.807) is 43.1 Å². The number of benzene rings is 1. The number of sulfonamides is 1. The van der Waals surface area contributed by atoms with Crippen molar-refractivity contribution >= 4 is 45.2 Å². The molecule has 0 atom stereocenters. The molecule has 1 aliphatic heterocycles. The van der Waals surface area contributed by atoms with Gasteiger partial charge in [0.25, 0.3) is 0 Å². The minimum absolute atomic E-state index is 0.0481. The molecule has 1 fully saturated rings. The lowest BCUT2D eigenvalue weighted by Crippen LogP contribution is -2.47. The average Bonchev–Trinajstić information content (AvgIpc) is 2.62. The molecule has 0 N–H and O–H groups in total. The van der Waals surface area contributed by atoms with Gasteiger partial charge in [0.2, 0.25) is 15.9 Å². The first kappa shape index (κ1) is 20.2. The molecule has 1 saturated heterocycles. The Morgan fingerprint density at radius 2 is 1.92 bits per heavy atom. The van der Waals surface area contributed by atoms with Gasteiger partial charge in [-0.05, 0) is 43.5 Å². The van der Waals surface area contributed by atoms with E-state index in [2.05, 4.69) is 0 Å². The first-order valence-electron chi connectivity index (χ1n) is 8.12. The van der Waals surface area contributed by atoms with Crippen LogP contribution < -0.4 is 0 Å². The van der Waals surface area contributed by atoms with Gasteiger partial charge in [-0.2, -0.15) is 0 Å². The Hall–Kier alpha value is -1.08. The summed E-state index contributed by atoms with van der Waals surface area (Å²) in [6, 6.07) is 5.12. The first-order valence-corrected chi connectivity index (χ1v) is 10.5. The number of amides is 1. The second-order valence-corrected chi connectivity index (χ2v) is 9.11. The SMILES string of the molecule is CCS(=O)(=O)N(C)C1CCN(C(=O)/C=C/c2ccc(Cl)c(Cl)c2)CC1. The number of hydrogen-bond acceptors (Lipinski definition) is 3. The summed E-state index contributed by atoms with van der Waals surface area (Å²) in [5, 5.41) is 0.913. The van der Waals surface area contributed by atoms with Crippen LogP contribution in [0, 0.1) is 0 Å². The highest BCUT2D eigenvalue weighted by Gasteiger charge is 2.29. The van der Waals surface area contributed by atoms with Gasteiger partial charge in [0, 0.05) is 32.3 Å². The Kier molecular flexibility index (Phi) is 6.91. The van der Waals surface area contributed by atoms with Crippen molar-refractivity contribution in [2.45, 2.75) is 25.8 Å². The van der Waals surface area contributed by atoms with E-state index in [4.69, 9.17) is 23.2 Å². The number of carbonyl (C=O) groups is 1. The maximum Gasteiger partial charge on any atom is 0.246 e. The molecular formula is C17H22Cl2N2O3S. The smallest absolute Gasteiger partial charge is 0.246 e. The number of halogens is 2. The van der Waals surface area contributed by atoms with E-state index in [1.807, 2.05) is 0 Å². The van der Waals surface area contributed by atoms with Crippen molar-refractivity contribution in [2.24, 2.45) is 0 Å². The minimum atomic E-state index is -3.20. The van der Waals surface area contributed by atoms with Gasteiger partial charge in [0.1, 0.15) is 0 Å². The lowest BCUT2D eigenvalue weighted by atomic mass is 10.1. The maximum atomic E-state index is 12.3. The summed E-state index contributed by atoms with van der Waals surface area (Å²) in [7, 11) is -1.58. The lowest BCUT2D eigenvalue weighted by Gasteiger charge is -2.35. The van der Waals surface area contributed by atoms with E-state index in [1.165, 1.54) is 10.4 Å². The highest BCUT2D eigenvalue weighted by molar-refractivity contribution is 7.89. The predicted octanol–water partition coefficient (Wildman–Crippen LogP) is 3.28. The van der Waals surface area contributed by atoms with Crippen molar-refractivity contribution < 1.29 is 13.2 Å². The van der Waals surface area contributed by atoms with Crippen molar-refractivity contribution in [3.05, 3.63) is 39.9 Å². The Balaban J connectivity index is 1.93. The van der Waals surface area contributed by atoms with Gasteiger partial charge in [-0.3, -0.25) is 4.79 Å². The number of piperidine rings is 1. The summed E-state index contributed by atoms with van der Waals surface area (Å²) in [5.74, 6) is 0.000189. The molecule has 1 aliphatic rings. The maximum absolute atomic E-state index is 12.3. The van der Waals surface area contributed by atoms with Gasteiger partial charge < -0.3 is 4.90 Å². The molecule has 0 bridgehead atoms. The summed E-state index contributed by atoms with van der Waals surface area (Å²) >= 11 is 11.8. The molecule has 0 unspecified atom stereocenters. The van der Waals surface area contributed by atoms with Gasteiger partial charge in [0.05, 0.1) is 15.8 Å². The number of hydrogen-bond donors (Lipinski definition) is 0. The second kappa shape index (κ2) is 8.54. The monoisotopic (exact) mass is 404 g/mol. The molecule has 1 heterocycles. The Morgan fingerprint density at radius 1 is 1.28 bits per heavy atom. The van der Waals surface area contributed by atoms with E-state index in [0.29, 0.717) is 36.0 Å². The fourth-order valence-corrected chi connectivity index (χ4v) is 4.15. The van der Waals surface area contributed by atoms with Crippen LogP contribution in [0.1, 0.15) is 25.3 Å². The molecule has 1 aromatic carbocycles. The number of carbonyl (C=O) groups excluding carboxylic acids is 1. The van der Waals surface area contributed by atoms with Crippen molar-refractivity contribution in [3.8, 4) is 0 Å². The molecule has 138 valence electrons. The topological polar surface area (TPSA) is 57.7 Å². The van der Waals surface area contributed by atoms with Crippen LogP contribution >= 0.6 is 23.2 Å². The molecule has 1 amide bonds. The molecule has 0 saturated carbocycles. The van der Waals surface area contributed by atoms with Gasteiger partial charge in [0.15, 0.2) is 0 Å². The van der Waals surface area contributed by atoms with Gasteiger partial charge in [-0.1, -0.05) is 29.3 Å². The number of likely N-dealkylation sites (tertiary alicyclic amines) is 1. The van der Waals surface area contributed by atoms with Crippen LogP contribution in [0.15, 0.2) is 24.3 Å². The van der Waals surface area contributed by atoms with Crippen LogP contribution in [0.2, 0.25) is 10.0 Å². The standard InChI is InChI=1S/C17H22Cl2N2O3S/c1-3-25(23,24)20(2)14-8-10-21(11-9-14)17(22)7-5-13-4-6-15(18)16(19)12-13/h4-7,12,14H,3,8-11H2,1-2H3/b7-5+. The van der Waals surface area contributed by atoms with Crippen LogP contribution in [0.25, 0.3) is 6.08 Å². The largest absolute Gasteiger partial charge is 0.339 e. The fourth-order valence-electron chi connectivity index (χ4n) is 2.77. The molecular weight excluding hydrogens is 383 g/mol. The minimum Gasteiger partial charge on any atom is -0.339 e. The Morgan fingerprint density at radius 3 is 2.48 bits per heavy atom. The summed E-state index contributed by atoms with van der Waals surface area (Å²) in [4.78, 5) is 14.0.